The summed E-state index contributed by atoms with van der Waals surface area (Å²) in [6.45, 7) is 1.71. The maximum atomic E-state index is 12.3. The molecule has 0 spiro atoms. The highest BCUT2D eigenvalue weighted by Crippen LogP contribution is 2.16. The number of rotatable bonds is 3. The van der Waals surface area contributed by atoms with E-state index in [1.807, 2.05) is 24.3 Å². The van der Waals surface area contributed by atoms with Gasteiger partial charge >= 0.3 is 6.03 Å². The van der Waals surface area contributed by atoms with Crippen molar-refractivity contribution in [2.75, 3.05) is 5.32 Å². The first kappa shape index (κ1) is 18.9. The number of hydrogen-bond acceptors (Lipinski definition) is 4. The van der Waals surface area contributed by atoms with Crippen molar-refractivity contribution in [2.45, 2.75) is 6.92 Å². The lowest BCUT2D eigenvalue weighted by Crippen LogP contribution is -2.44. The summed E-state index contributed by atoms with van der Waals surface area (Å²) in [7, 11) is 0. The molecule has 27 heavy (non-hydrogen) atoms. The third kappa shape index (κ3) is 4.63. The molecule has 0 saturated carbocycles. The van der Waals surface area contributed by atoms with E-state index in [4.69, 9.17) is 11.6 Å². The summed E-state index contributed by atoms with van der Waals surface area (Å²) in [5.74, 6) is -0.581. The van der Waals surface area contributed by atoms with Gasteiger partial charge in [0.05, 0.1) is 11.4 Å². The predicted octanol–water partition coefficient (Wildman–Crippen LogP) is 3.46. The lowest BCUT2D eigenvalue weighted by atomic mass is 10.3. The monoisotopic (exact) mass is 448 g/mol. The zero-order valence-electron chi connectivity index (χ0n) is 14.0. The summed E-state index contributed by atoms with van der Waals surface area (Å²) < 4.78 is 2.47. The molecule has 138 valence electrons. The molecule has 0 aliphatic heterocycles. The second-order valence-electron chi connectivity index (χ2n) is 5.45. The van der Waals surface area contributed by atoms with Gasteiger partial charge in [0.25, 0.3) is 5.91 Å². The number of anilines is 1. The van der Waals surface area contributed by atoms with E-state index < -0.39 is 11.9 Å². The van der Waals surface area contributed by atoms with Crippen LogP contribution in [0, 0.1) is 6.92 Å². The third-order valence-corrected chi connectivity index (χ3v) is 4.35. The Labute approximate surface area is 168 Å². The predicted molar refractivity (Wildman–Crippen MR) is 105 cm³/mol. The van der Waals surface area contributed by atoms with Crippen LogP contribution in [0.4, 0.5) is 10.5 Å². The number of hydrogen-bond donors (Lipinski definition) is 3. The summed E-state index contributed by atoms with van der Waals surface area (Å²) in [6, 6.07) is 13.3. The fourth-order valence-electron chi connectivity index (χ4n) is 2.23. The van der Waals surface area contributed by atoms with E-state index in [9.17, 15) is 9.59 Å². The van der Waals surface area contributed by atoms with Crippen LogP contribution < -0.4 is 16.2 Å². The van der Waals surface area contributed by atoms with E-state index >= 15 is 0 Å². The molecule has 3 rings (SSSR count). The van der Waals surface area contributed by atoms with Gasteiger partial charge in [0, 0.05) is 15.2 Å². The van der Waals surface area contributed by atoms with Crippen molar-refractivity contribution in [2.24, 2.45) is 0 Å². The van der Waals surface area contributed by atoms with Crippen molar-refractivity contribution in [1.82, 2.24) is 25.8 Å². The third-order valence-electron chi connectivity index (χ3n) is 3.57. The molecular weight excluding hydrogens is 436 g/mol. The minimum atomic E-state index is -0.608. The largest absolute Gasteiger partial charge is 0.337 e. The van der Waals surface area contributed by atoms with E-state index in [2.05, 4.69) is 42.4 Å². The van der Waals surface area contributed by atoms with Crippen LogP contribution in [-0.2, 0) is 0 Å². The second kappa shape index (κ2) is 8.19. The van der Waals surface area contributed by atoms with E-state index in [0.717, 1.165) is 10.2 Å². The first-order chi connectivity index (χ1) is 12.9. The quantitative estimate of drug-likeness (QED) is 0.533. The average molecular weight is 450 g/mol. The van der Waals surface area contributed by atoms with Gasteiger partial charge in [0.2, 0.25) is 0 Å². The number of halogens is 2. The Kier molecular flexibility index (Phi) is 5.72. The first-order valence-electron chi connectivity index (χ1n) is 7.75. The molecule has 0 unspecified atom stereocenters. The number of amides is 3. The lowest BCUT2D eigenvalue weighted by Gasteiger charge is -2.08. The van der Waals surface area contributed by atoms with Crippen LogP contribution in [0.25, 0.3) is 5.69 Å². The number of urea groups is 1. The molecule has 0 aliphatic rings. The Hall–Kier alpha value is -2.91. The molecule has 3 amide bonds. The van der Waals surface area contributed by atoms with Crippen molar-refractivity contribution in [3.8, 4) is 5.69 Å². The molecule has 0 atom stereocenters. The van der Waals surface area contributed by atoms with Gasteiger partial charge in [-0.25, -0.2) is 14.9 Å². The van der Waals surface area contributed by atoms with Crippen molar-refractivity contribution in [3.05, 3.63) is 69.4 Å². The summed E-state index contributed by atoms with van der Waals surface area (Å²) >= 11 is 9.15. The van der Waals surface area contributed by atoms with Gasteiger partial charge in [-0.1, -0.05) is 32.7 Å². The number of benzene rings is 2. The van der Waals surface area contributed by atoms with Crippen LogP contribution in [0.3, 0.4) is 0 Å². The molecule has 0 bridgehead atoms. The van der Waals surface area contributed by atoms with Gasteiger partial charge in [-0.15, -0.1) is 5.10 Å². The zero-order chi connectivity index (χ0) is 19.4. The van der Waals surface area contributed by atoms with E-state index in [1.165, 1.54) is 4.68 Å². The number of hydrazine groups is 1. The zero-order valence-corrected chi connectivity index (χ0v) is 16.4. The van der Waals surface area contributed by atoms with E-state index in [0.29, 0.717) is 16.4 Å². The Morgan fingerprint density at radius 3 is 2.37 bits per heavy atom. The Morgan fingerprint density at radius 2 is 1.70 bits per heavy atom. The Bertz CT molecular complexity index is 972. The lowest BCUT2D eigenvalue weighted by molar-refractivity contribution is 0.0932. The van der Waals surface area contributed by atoms with Gasteiger partial charge in [0.1, 0.15) is 0 Å². The maximum Gasteiger partial charge on any atom is 0.337 e. The molecule has 2 aromatic carbocycles. The average Bonchev–Trinajstić information content (AvgIpc) is 3.04. The van der Waals surface area contributed by atoms with Crippen LogP contribution in [0.5, 0.6) is 0 Å². The standard InChI is InChI=1S/C17H14BrClN6O2/c1-10-15(21-24-25(10)14-8-2-11(18)3-9-14)16(26)22-23-17(27)20-13-6-4-12(19)5-7-13/h2-9H,1H3,(H,22,26)(H2,20,23,27). The molecule has 3 N–H and O–H groups in total. The number of aromatic nitrogens is 3. The number of nitrogens with one attached hydrogen (secondary N) is 3. The molecule has 8 nitrogen and oxygen atoms in total. The summed E-state index contributed by atoms with van der Waals surface area (Å²) in [4.78, 5) is 24.1. The van der Waals surface area contributed by atoms with Crippen molar-refractivity contribution >= 4 is 45.2 Å². The van der Waals surface area contributed by atoms with Crippen LogP contribution >= 0.6 is 27.5 Å². The molecule has 0 fully saturated rings. The molecule has 0 saturated heterocycles. The number of nitrogens with zero attached hydrogens (tertiary/aromatic N) is 3. The minimum absolute atomic E-state index is 0.102. The highest BCUT2D eigenvalue weighted by Gasteiger charge is 2.18. The molecule has 0 radical (unpaired) electrons. The molecule has 10 heteroatoms. The highest BCUT2D eigenvalue weighted by atomic mass is 79.9. The molecule has 0 aliphatic carbocycles. The van der Waals surface area contributed by atoms with Crippen molar-refractivity contribution in [3.63, 3.8) is 0 Å². The summed E-state index contributed by atoms with van der Waals surface area (Å²) in [5, 5.41) is 11.0. The molecular formula is C17H14BrClN6O2. The van der Waals surface area contributed by atoms with Crippen LogP contribution in [0.1, 0.15) is 16.2 Å². The number of carbonyl (C=O) groups excluding carboxylic acids is 2. The van der Waals surface area contributed by atoms with E-state index in [-0.39, 0.29) is 5.69 Å². The van der Waals surface area contributed by atoms with Crippen molar-refractivity contribution < 1.29 is 9.59 Å². The molecule has 1 heterocycles. The topological polar surface area (TPSA) is 101 Å². The van der Waals surface area contributed by atoms with Gasteiger partial charge in [0.15, 0.2) is 5.69 Å². The summed E-state index contributed by atoms with van der Waals surface area (Å²) in [5.41, 5.74) is 6.49. The SMILES string of the molecule is Cc1c(C(=O)NNC(=O)Nc2ccc(Cl)cc2)nnn1-c1ccc(Br)cc1. The van der Waals surface area contributed by atoms with Gasteiger partial charge in [-0.3, -0.25) is 10.2 Å². The molecule has 1 aromatic heterocycles. The van der Waals surface area contributed by atoms with E-state index in [1.54, 1.807) is 31.2 Å². The van der Waals surface area contributed by atoms with Gasteiger partial charge in [-0.05, 0) is 55.5 Å². The fourth-order valence-corrected chi connectivity index (χ4v) is 2.63. The van der Waals surface area contributed by atoms with Crippen LogP contribution in [-0.4, -0.2) is 26.9 Å². The summed E-state index contributed by atoms with van der Waals surface area (Å²) in [6.07, 6.45) is 0. The van der Waals surface area contributed by atoms with Crippen LogP contribution in [0.2, 0.25) is 5.02 Å². The minimum Gasteiger partial charge on any atom is -0.307 e. The Morgan fingerprint density at radius 1 is 1.04 bits per heavy atom. The molecule has 3 aromatic rings. The normalized spacial score (nSPS) is 10.3. The van der Waals surface area contributed by atoms with Crippen LogP contribution in [0.15, 0.2) is 53.0 Å². The second-order valence-corrected chi connectivity index (χ2v) is 6.80. The first-order valence-corrected chi connectivity index (χ1v) is 8.92. The van der Waals surface area contributed by atoms with Crippen molar-refractivity contribution in [1.29, 1.82) is 0 Å². The Balaban J connectivity index is 1.62. The maximum absolute atomic E-state index is 12.3. The fraction of sp³-hybridized carbons (Fsp3) is 0.0588. The highest BCUT2D eigenvalue weighted by molar-refractivity contribution is 9.10. The van der Waals surface area contributed by atoms with Gasteiger partial charge in [-0.2, -0.15) is 0 Å². The number of carbonyl (C=O) groups is 2. The smallest absolute Gasteiger partial charge is 0.307 e. The van der Waals surface area contributed by atoms with Gasteiger partial charge < -0.3 is 5.32 Å².